The Morgan fingerprint density at radius 2 is 1.71 bits per heavy atom. The Morgan fingerprint density at radius 1 is 1.00 bits per heavy atom. The van der Waals surface area contributed by atoms with Gasteiger partial charge in [0.25, 0.3) is 0 Å². The maximum atomic E-state index is 4.72. The molecule has 1 aromatic carbocycles. The summed E-state index contributed by atoms with van der Waals surface area (Å²) in [7, 11) is 0. The van der Waals surface area contributed by atoms with Crippen molar-refractivity contribution in [2.24, 2.45) is 0 Å². The minimum atomic E-state index is 0.851. The molecule has 0 saturated heterocycles. The van der Waals surface area contributed by atoms with Gasteiger partial charge in [0, 0.05) is 31.4 Å². The number of aryl methyl sites for hydroxylation is 2. The number of nitrogens with one attached hydrogen (secondary N) is 1. The fourth-order valence-corrected chi connectivity index (χ4v) is 2.79. The van der Waals surface area contributed by atoms with Gasteiger partial charge < -0.3 is 10.2 Å². The highest BCUT2D eigenvalue weighted by atomic mass is 15.3. The topological polar surface area (TPSA) is 41.1 Å². The van der Waals surface area contributed by atoms with Crippen LogP contribution in [0.25, 0.3) is 0 Å². The lowest BCUT2D eigenvalue weighted by atomic mass is 10.1. The Balaban J connectivity index is 1.92. The van der Waals surface area contributed by atoms with Gasteiger partial charge in [0.1, 0.15) is 5.82 Å². The zero-order chi connectivity index (χ0) is 17.2. The smallest absolute Gasteiger partial charge is 0.227 e. The molecule has 0 aliphatic carbocycles. The first-order valence-electron chi connectivity index (χ1n) is 9.11. The summed E-state index contributed by atoms with van der Waals surface area (Å²) in [5.74, 6) is 1.78. The van der Waals surface area contributed by atoms with E-state index in [1.807, 2.05) is 13.0 Å². The molecule has 0 radical (unpaired) electrons. The number of benzene rings is 1. The van der Waals surface area contributed by atoms with Crippen molar-refractivity contribution in [3.63, 3.8) is 0 Å². The van der Waals surface area contributed by atoms with Crippen LogP contribution in [0.15, 0.2) is 36.4 Å². The number of anilines is 2. The molecule has 0 aliphatic heterocycles. The van der Waals surface area contributed by atoms with Crippen molar-refractivity contribution in [2.75, 3.05) is 29.9 Å². The number of hydrogen-bond donors (Lipinski definition) is 1. The Bertz CT molecular complexity index is 592. The molecule has 0 saturated carbocycles. The van der Waals surface area contributed by atoms with E-state index >= 15 is 0 Å². The molecule has 0 unspecified atom stereocenters. The van der Waals surface area contributed by atoms with E-state index in [1.54, 1.807) is 0 Å². The molecule has 0 amide bonds. The van der Waals surface area contributed by atoms with E-state index in [2.05, 4.69) is 59.4 Å². The third-order valence-corrected chi connectivity index (χ3v) is 3.90. The van der Waals surface area contributed by atoms with Gasteiger partial charge in [-0.3, -0.25) is 0 Å². The van der Waals surface area contributed by atoms with Gasteiger partial charge in [-0.2, -0.15) is 4.98 Å². The molecule has 2 rings (SSSR count). The molecule has 0 spiro atoms. The van der Waals surface area contributed by atoms with Crippen LogP contribution in [0.5, 0.6) is 0 Å². The summed E-state index contributed by atoms with van der Waals surface area (Å²) >= 11 is 0. The molecule has 24 heavy (non-hydrogen) atoms. The van der Waals surface area contributed by atoms with Crippen LogP contribution in [0.3, 0.4) is 0 Å². The first-order chi connectivity index (χ1) is 11.7. The summed E-state index contributed by atoms with van der Waals surface area (Å²) in [5.41, 5.74) is 2.40. The quantitative estimate of drug-likeness (QED) is 0.655. The van der Waals surface area contributed by atoms with Gasteiger partial charge in [-0.1, -0.05) is 44.2 Å². The van der Waals surface area contributed by atoms with Crippen molar-refractivity contribution >= 4 is 11.8 Å². The Kier molecular flexibility index (Phi) is 7.53. The standard InChI is InChI=1S/C20H30N4/c1-4-14-24(15-5-2)20-22-17(3)16-19(23-20)21-13-9-12-18-10-7-6-8-11-18/h6-8,10-11,16H,4-5,9,12-15H2,1-3H3,(H,21,22,23). The summed E-state index contributed by atoms with van der Waals surface area (Å²) in [4.78, 5) is 11.6. The molecular formula is C20H30N4. The zero-order valence-corrected chi connectivity index (χ0v) is 15.3. The lowest BCUT2D eigenvalue weighted by Gasteiger charge is -2.22. The molecule has 1 aromatic heterocycles. The fraction of sp³-hybridized carbons (Fsp3) is 0.500. The number of hydrogen-bond acceptors (Lipinski definition) is 4. The van der Waals surface area contributed by atoms with Gasteiger partial charge in [0.15, 0.2) is 0 Å². The maximum Gasteiger partial charge on any atom is 0.227 e. The van der Waals surface area contributed by atoms with Crippen LogP contribution in [-0.4, -0.2) is 29.6 Å². The molecule has 130 valence electrons. The first kappa shape index (κ1) is 18.2. The molecular weight excluding hydrogens is 296 g/mol. The third kappa shape index (κ3) is 5.84. The Morgan fingerprint density at radius 3 is 2.38 bits per heavy atom. The highest BCUT2D eigenvalue weighted by Crippen LogP contribution is 2.15. The first-order valence-corrected chi connectivity index (χ1v) is 9.11. The monoisotopic (exact) mass is 326 g/mol. The lowest BCUT2D eigenvalue weighted by molar-refractivity contribution is 0.719. The van der Waals surface area contributed by atoms with E-state index in [0.717, 1.165) is 62.8 Å². The van der Waals surface area contributed by atoms with Gasteiger partial charge in [-0.05, 0) is 38.2 Å². The largest absolute Gasteiger partial charge is 0.370 e. The van der Waals surface area contributed by atoms with Crippen molar-refractivity contribution in [3.05, 3.63) is 47.7 Å². The maximum absolute atomic E-state index is 4.72. The normalized spacial score (nSPS) is 10.6. The SMILES string of the molecule is CCCN(CCC)c1nc(C)cc(NCCCc2ccccc2)n1. The van der Waals surface area contributed by atoms with Crippen LogP contribution in [0.2, 0.25) is 0 Å². The molecule has 2 aromatic rings. The van der Waals surface area contributed by atoms with E-state index in [0.29, 0.717) is 0 Å². The number of aromatic nitrogens is 2. The van der Waals surface area contributed by atoms with Crippen LogP contribution in [0, 0.1) is 6.92 Å². The van der Waals surface area contributed by atoms with E-state index in [-0.39, 0.29) is 0 Å². The Hall–Kier alpha value is -2.10. The number of nitrogens with zero attached hydrogens (tertiary/aromatic N) is 3. The molecule has 0 aliphatic rings. The van der Waals surface area contributed by atoms with Crippen molar-refractivity contribution in [1.82, 2.24) is 9.97 Å². The van der Waals surface area contributed by atoms with Crippen molar-refractivity contribution < 1.29 is 0 Å². The average Bonchev–Trinajstić information content (AvgIpc) is 2.59. The third-order valence-electron chi connectivity index (χ3n) is 3.90. The summed E-state index contributed by atoms with van der Waals surface area (Å²) in [5, 5.41) is 3.46. The second-order valence-electron chi connectivity index (χ2n) is 6.20. The van der Waals surface area contributed by atoms with Crippen molar-refractivity contribution in [3.8, 4) is 0 Å². The average molecular weight is 326 g/mol. The summed E-state index contributed by atoms with van der Waals surface area (Å²) in [6, 6.07) is 12.6. The Labute approximate surface area is 146 Å². The zero-order valence-electron chi connectivity index (χ0n) is 15.3. The summed E-state index contributed by atoms with van der Waals surface area (Å²) in [6.45, 7) is 9.36. The van der Waals surface area contributed by atoms with Crippen LogP contribution < -0.4 is 10.2 Å². The van der Waals surface area contributed by atoms with Crippen LogP contribution in [-0.2, 0) is 6.42 Å². The lowest BCUT2D eigenvalue weighted by Crippen LogP contribution is -2.27. The molecule has 4 heteroatoms. The second kappa shape index (κ2) is 9.91. The molecule has 0 fully saturated rings. The molecule has 0 atom stereocenters. The van der Waals surface area contributed by atoms with Crippen molar-refractivity contribution in [1.29, 1.82) is 0 Å². The van der Waals surface area contributed by atoms with E-state index in [4.69, 9.17) is 4.98 Å². The van der Waals surface area contributed by atoms with Gasteiger partial charge in [-0.15, -0.1) is 0 Å². The van der Waals surface area contributed by atoms with Crippen LogP contribution >= 0.6 is 0 Å². The van der Waals surface area contributed by atoms with Gasteiger partial charge in [0.05, 0.1) is 0 Å². The number of rotatable bonds is 10. The highest BCUT2D eigenvalue weighted by Gasteiger charge is 2.10. The van der Waals surface area contributed by atoms with Crippen LogP contribution in [0.1, 0.15) is 44.4 Å². The highest BCUT2D eigenvalue weighted by molar-refractivity contribution is 5.43. The summed E-state index contributed by atoms with van der Waals surface area (Å²) < 4.78 is 0. The van der Waals surface area contributed by atoms with Gasteiger partial charge in [0.2, 0.25) is 5.95 Å². The minimum absolute atomic E-state index is 0.851. The predicted molar refractivity (Wildman–Crippen MR) is 103 cm³/mol. The molecule has 4 nitrogen and oxygen atoms in total. The minimum Gasteiger partial charge on any atom is -0.370 e. The van der Waals surface area contributed by atoms with E-state index in [1.165, 1.54) is 5.56 Å². The molecule has 0 bridgehead atoms. The molecule has 1 heterocycles. The van der Waals surface area contributed by atoms with E-state index < -0.39 is 0 Å². The van der Waals surface area contributed by atoms with Crippen molar-refractivity contribution in [2.45, 2.75) is 46.5 Å². The van der Waals surface area contributed by atoms with E-state index in [9.17, 15) is 0 Å². The predicted octanol–water partition coefficient (Wildman–Crippen LogP) is 4.46. The van der Waals surface area contributed by atoms with Gasteiger partial charge >= 0.3 is 0 Å². The summed E-state index contributed by atoms with van der Waals surface area (Å²) in [6.07, 6.45) is 4.40. The fourth-order valence-electron chi connectivity index (χ4n) is 2.79. The van der Waals surface area contributed by atoms with Gasteiger partial charge in [-0.25, -0.2) is 4.98 Å². The molecule has 1 N–H and O–H groups in total. The second-order valence-corrected chi connectivity index (χ2v) is 6.20. The van der Waals surface area contributed by atoms with Crippen LogP contribution in [0.4, 0.5) is 11.8 Å².